The van der Waals surface area contributed by atoms with Gasteiger partial charge in [0.1, 0.15) is 17.7 Å². The average molecular weight is 458 g/mol. The molecule has 182 valence electrons. The molecular formula is C26H39N3O4. The molecule has 0 fully saturated rings. The maximum Gasteiger partial charge on any atom is 0.408 e. The van der Waals surface area contributed by atoms with Crippen molar-refractivity contribution in [2.45, 2.75) is 92.5 Å². The van der Waals surface area contributed by atoms with Gasteiger partial charge in [-0.2, -0.15) is 0 Å². The molecule has 0 spiro atoms. The highest BCUT2D eigenvalue weighted by Gasteiger charge is 2.37. The molecule has 0 saturated heterocycles. The van der Waals surface area contributed by atoms with E-state index in [-0.39, 0.29) is 17.9 Å². The highest BCUT2D eigenvalue weighted by atomic mass is 16.6. The standard InChI is InChI=1S/C26H39N3O4/c1-11-29(24(31)20(15-16(2)3)28-25(32)33-26(8,9)10)22(23(30)27-17(4)5)21-18(6)13-12-14-19(21)7/h1,12-14,16-17,20,22H,15H2,2-10H3,(H,27,30)(H,28,32). The Bertz CT molecular complexity index is 874. The molecule has 2 unspecified atom stereocenters. The lowest BCUT2D eigenvalue weighted by Gasteiger charge is -2.32. The number of amides is 3. The van der Waals surface area contributed by atoms with Crippen molar-refractivity contribution in [3.8, 4) is 12.5 Å². The van der Waals surface area contributed by atoms with Crippen LogP contribution in [0.15, 0.2) is 18.2 Å². The van der Waals surface area contributed by atoms with Gasteiger partial charge in [-0.1, -0.05) is 38.5 Å². The summed E-state index contributed by atoms with van der Waals surface area (Å²) in [6.07, 6.45) is 5.43. The van der Waals surface area contributed by atoms with Gasteiger partial charge in [0.25, 0.3) is 5.91 Å². The Morgan fingerprint density at radius 1 is 1.06 bits per heavy atom. The number of terminal acetylenes is 1. The first kappa shape index (κ1) is 28.0. The van der Waals surface area contributed by atoms with E-state index in [2.05, 4.69) is 16.7 Å². The van der Waals surface area contributed by atoms with Crippen molar-refractivity contribution in [3.05, 3.63) is 34.9 Å². The number of rotatable bonds is 8. The molecule has 1 aromatic rings. The number of aryl methyl sites for hydroxylation is 2. The van der Waals surface area contributed by atoms with Crippen molar-refractivity contribution in [2.24, 2.45) is 5.92 Å². The molecule has 0 bridgehead atoms. The third-order valence-corrected chi connectivity index (χ3v) is 4.83. The van der Waals surface area contributed by atoms with Crippen LogP contribution in [0.4, 0.5) is 4.79 Å². The zero-order valence-electron chi connectivity index (χ0n) is 21.4. The quantitative estimate of drug-likeness (QED) is 0.452. The minimum absolute atomic E-state index is 0.0802. The van der Waals surface area contributed by atoms with Gasteiger partial charge in [-0.15, -0.1) is 0 Å². The third-order valence-electron chi connectivity index (χ3n) is 4.83. The van der Waals surface area contributed by atoms with Crippen LogP contribution >= 0.6 is 0 Å². The number of carbonyl (C=O) groups excluding carboxylic acids is 3. The van der Waals surface area contributed by atoms with Crippen molar-refractivity contribution in [2.75, 3.05) is 0 Å². The first-order valence-corrected chi connectivity index (χ1v) is 11.3. The summed E-state index contributed by atoms with van der Waals surface area (Å²) >= 11 is 0. The van der Waals surface area contributed by atoms with Crippen LogP contribution < -0.4 is 10.6 Å². The van der Waals surface area contributed by atoms with Crippen molar-refractivity contribution in [3.63, 3.8) is 0 Å². The molecule has 2 atom stereocenters. The summed E-state index contributed by atoms with van der Waals surface area (Å²) in [5.41, 5.74) is 1.63. The van der Waals surface area contributed by atoms with Crippen LogP contribution in [0.5, 0.6) is 0 Å². The van der Waals surface area contributed by atoms with E-state index >= 15 is 0 Å². The second-order valence-electron chi connectivity index (χ2n) is 10.0. The molecule has 7 heteroatoms. The maximum atomic E-state index is 13.7. The summed E-state index contributed by atoms with van der Waals surface area (Å²) in [7, 11) is 0. The van der Waals surface area contributed by atoms with Crippen LogP contribution in [-0.4, -0.2) is 40.5 Å². The first-order chi connectivity index (χ1) is 15.2. The molecule has 2 N–H and O–H groups in total. The molecular weight excluding hydrogens is 418 g/mol. The van der Waals surface area contributed by atoms with Crippen molar-refractivity contribution in [1.29, 1.82) is 0 Å². The van der Waals surface area contributed by atoms with E-state index in [1.807, 2.05) is 59.7 Å². The number of alkyl carbamates (subject to hydrolysis) is 1. The van der Waals surface area contributed by atoms with Crippen LogP contribution in [0.25, 0.3) is 0 Å². The SMILES string of the molecule is C#CN(C(=O)C(CC(C)C)NC(=O)OC(C)(C)C)C(C(=O)NC(C)C)c1c(C)cccc1C. The van der Waals surface area contributed by atoms with E-state index in [9.17, 15) is 14.4 Å². The van der Waals surface area contributed by atoms with Crippen molar-refractivity contribution in [1.82, 2.24) is 15.5 Å². The Morgan fingerprint density at radius 2 is 1.61 bits per heavy atom. The lowest BCUT2D eigenvalue weighted by atomic mass is 9.93. The van der Waals surface area contributed by atoms with Crippen LogP contribution in [0, 0.1) is 32.2 Å². The zero-order valence-corrected chi connectivity index (χ0v) is 21.4. The monoisotopic (exact) mass is 457 g/mol. The molecule has 0 aromatic heterocycles. The van der Waals surface area contributed by atoms with Crippen molar-refractivity contribution >= 4 is 17.9 Å². The molecule has 33 heavy (non-hydrogen) atoms. The number of ether oxygens (including phenoxy) is 1. The molecule has 0 heterocycles. The number of benzene rings is 1. The average Bonchev–Trinajstić information content (AvgIpc) is 2.63. The second-order valence-corrected chi connectivity index (χ2v) is 10.0. The molecule has 0 radical (unpaired) electrons. The fraction of sp³-hybridized carbons (Fsp3) is 0.577. The highest BCUT2D eigenvalue weighted by Crippen LogP contribution is 2.28. The minimum atomic E-state index is -1.04. The van der Waals surface area contributed by atoms with Crippen LogP contribution in [0.1, 0.15) is 77.6 Å². The summed E-state index contributed by atoms with van der Waals surface area (Å²) in [4.78, 5) is 40.5. The fourth-order valence-corrected chi connectivity index (χ4v) is 3.58. The van der Waals surface area contributed by atoms with Crippen LogP contribution in [-0.2, 0) is 14.3 Å². The third kappa shape index (κ3) is 8.45. The molecule has 1 rings (SSSR count). The van der Waals surface area contributed by atoms with E-state index < -0.39 is 29.7 Å². The molecule has 0 aliphatic rings. The van der Waals surface area contributed by atoms with Gasteiger partial charge < -0.3 is 15.4 Å². The Balaban J connectivity index is 3.47. The molecule has 0 aliphatic carbocycles. The Labute approximate surface area is 198 Å². The topological polar surface area (TPSA) is 87.7 Å². The van der Waals surface area contributed by atoms with Gasteiger partial charge >= 0.3 is 6.09 Å². The minimum Gasteiger partial charge on any atom is -0.444 e. The highest BCUT2D eigenvalue weighted by molar-refractivity contribution is 5.93. The number of nitrogens with one attached hydrogen (secondary N) is 2. The Kier molecular flexibility index (Phi) is 9.97. The lowest BCUT2D eigenvalue weighted by Crippen LogP contribution is -2.52. The van der Waals surface area contributed by atoms with E-state index in [0.29, 0.717) is 12.0 Å². The van der Waals surface area contributed by atoms with E-state index in [4.69, 9.17) is 11.2 Å². The predicted molar refractivity (Wildman–Crippen MR) is 130 cm³/mol. The van der Waals surface area contributed by atoms with E-state index in [1.165, 1.54) is 0 Å². The Morgan fingerprint density at radius 3 is 2.03 bits per heavy atom. The summed E-state index contributed by atoms with van der Waals surface area (Å²) in [5.74, 6) is -0.838. The first-order valence-electron chi connectivity index (χ1n) is 11.3. The largest absolute Gasteiger partial charge is 0.444 e. The molecule has 7 nitrogen and oxygen atoms in total. The zero-order chi connectivity index (χ0) is 25.5. The number of hydrogen-bond acceptors (Lipinski definition) is 4. The lowest BCUT2D eigenvalue weighted by molar-refractivity contribution is -0.139. The normalized spacial score (nSPS) is 13.2. The summed E-state index contributed by atoms with van der Waals surface area (Å²) < 4.78 is 5.35. The van der Waals surface area contributed by atoms with Crippen molar-refractivity contribution < 1.29 is 19.1 Å². The van der Waals surface area contributed by atoms with Crippen LogP contribution in [0.3, 0.4) is 0 Å². The number of carbonyl (C=O) groups is 3. The van der Waals surface area contributed by atoms with E-state index in [0.717, 1.165) is 16.0 Å². The second kappa shape index (κ2) is 11.7. The predicted octanol–water partition coefficient (Wildman–Crippen LogP) is 4.23. The molecule has 3 amide bonds. The molecule has 0 saturated carbocycles. The summed E-state index contributed by atoms with van der Waals surface area (Å²) in [6, 6.07) is 5.92. The van der Waals surface area contributed by atoms with Gasteiger partial charge in [0.15, 0.2) is 0 Å². The number of hydrogen-bond donors (Lipinski definition) is 2. The van der Waals surface area contributed by atoms with Gasteiger partial charge in [-0.3, -0.25) is 14.5 Å². The summed E-state index contributed by atoms with van der Waals surface area (Å²) in [5, 5.41) is 5.53. The van der Waals surface area contributed by atoms with Gasteiger partial charge in [0, 0.05) is 12.1 Å². The van der Waals surface area contributed by atoms with E-state index in [1.54, 1.807) is 20.8 Å². The molecule has 1 aromatic carbocycles. The van der Waals surface area contributed by atoms with Gasteiger partial charge in [0.2, 0.25) is 5.91 Å². The molecule has 0 aliphatic heterocycles. The van der Waals surface area contributed by atoms with Crippen LogP contribution in [0.2, 0.25) is 0 Å². The summed E-state index contributed by atoms with van der Waals surface area (Å²) in [6.45, 7) is 16.5. The van der Waals surface area contributed by atoms with Gasteiger partial charge in [-0.25, -0.2) is 4.79 Å². The Hall–Kier alpha value is -3.01. The maximum absolute atomic E-state index is 13.7. The number of nitrogens with zero attached hydrogens (tertiary/aromatic N) is 1. The smallest absolute Gasteiger partial charge is 0.408 e. The van der Waals surface area contributed by atoms with Gasteiger partial charge in [-0.05, 0) is 77.5 Å². The van der Waals surface area contributed by atoms with Gasteiger partial charge in [0.05, 0.1) is 0 Å². The fourth-order valence-electron chi connectivity index (χ4n) is 3.58.